The zero-order valence-electron chi connectivity index (χ0n) is 12.4. The summed E-state index contributed by atoms with van der Waals surface area (Å²) in [7, 11) is 0. The van der Waals surface area contributed by atoms with Gasteiger partial charge in [-0.1, -0.05) is 18.6 Å². The summed E-state index contributed by atoms with van der Waals surface area (Å²) in [6, 6.07) is 7.20. The van der Waals surface area contributed by atoms with Crippen molar-refractivity contribution >= 4 is 10.9 Å². The molecule has 3 rings (SSSR count). The number of nitrogens with one attached hydrogen (secondary N) is 2. The second-order valence-corrected chi connectivity index (χ2v) is 6.27. The van der Waals surface area contributed by atoms with E-state index in [1.165, 1.54) is 34.1 Å². The average molecular weight is 272 g/mol. The number of aromatic amines is 1. The van der Waals surface area contributed by atoms with Crippen LogP contribution in [-0.4, -0.2) is 29.3 Å². The largest absolute Gasteiger partial charge is 0.396 e. The fourth-order valence-corrected chi connectivity index (χ4v) is 3.14. The van der Waals surface area contributed by atoms with Crippen molar-refractivity contribution in [3.63, 3.8) is 0 Å². The molecule has 108 valence electrons. The van der Waals surface area contributed by atoms with Crippen LogP contribution >= 0.6 is 0 Å². The van der Waals surface area contributed by atoms with Crippen LogP contribution in [0.25, 0.3) is 10.9 Å². The van der Waals surface area contributed by atoms with Crippen molar-refractivity contribution in [1.29, 1.82) is 0 Å². The van der Waals surface area contributed by atoms with Gasteiger partial charge in [-0.25, -0.2) is 0 Å². The SMILES string of the molecule is Cc1ccc2[nH]c3c(c2c1)CC(NCC(C)CO)CC3. The van der Waals surface area contributed by atoms with E-state index in [-0.39, 0.29) is 6.61 Å². The molecule has 3 nitrogen and oxygen atoms in total. The molecular formula is C17H24N2O. The number of aliphatic hydroxyl groups is 1. The molecular weight excluding hydrogens is 248 g/mol. The minimum Gasteiger partial charge on any atom is -0.396 e. The summed E-state index contributed by atoms with van der Waals surface area (Å²) in [5.74, 6) is 0.335. The summed E-state index contributed by atoms with van der Waals surface area (Å²) in [6.07, 6.45) is 3.39. The first kappa shape index (κ1) is 13.7. The van der Waals surface area contributed by atoms with Crippen molar-refractivity contribution < 1.29 is 5.11 Å². The van der Waals surface area contributed by atoms with Crippen molar-refractivity contribution in [1.82, 2.24) is 10.3 Å². The molecule has 0 fully saturated rings. The summed E-state index contributed by atoms with van der Waals surface area (Å²) in [6.45, 7) is 5.39. The van der Waals surface area contributed by atoms with Gasteiger partial charge in [0.2, 0.25) is 0 Å². The maximum Gasteiger partial charge on any atom is 0.0468 e. The third kappa shape index (κ3) is 2.60. The van der Waals surface area contributed by atoms with E-state index in [1.54, 1.807) is 0 Å². The quantitative estimate of drug-likeness (QED) is 0.801. The van der Waals surface area contributed by atoms with Crippen LogP contribution in [0.2, 0.25) is 0 Å². The Bertz CT molecular complexity index is 602. The Kier molecular flexibility index (Phi) is 3.81. The molecule has 0 bridgehead atoms. The molecule has 0 saturated carbocycles. The van der Waals surface area contributed by atoms with Crippen LogP contribution in [0, 0.1) is 12.8 Å². The van der Waals surface area contributed by atoms with Gasteiger partial charge in [0.25, 0.3) is 0 Å². The molecule has 3 heteroatoms. The monoisotopic (exact) mass is 272 g/mol. The molecule has 0 amide bonds. The van der Waals surface area contributed by atoms with E-state index in [1.807, 2.05) is 0 Å². The number of benzene rings is 1. The lowest BCUT2D eigenvalue weighted by atomic mass is 9.91. The Hall–Kier alpha value is -1.32. The second kappa shape index (κ2) is 5.58. The van der Waals surface area contributed by atoms with Gasteiger partial charge >= 0.3 is 0 Å². The van der Waals surface area contributed by atoms with Crippen LogP contribution in [-0.2, 0) is 12.8 Å². The highest BCUT2D eigenvalue weighted by Gasteiger charge is 2.22. The smallest absolute Gasteiger partial charge is 0.0468 e. The maximum absolute atomic E-state index is 9.12. The topological polar surface area (TPSA) is 48.0 Å². The Labute approximate surface area is 120 Å². The summed E-state index contributed by atoms with van der Waals surface area (Å²) in [5, 5.41) is 14.1. The fourth-order valence-electron chi connectivity index (χ4n) is 3.14. The van der Waals surface area contributed by atoms with Crippen molar-refractivity contribution in [2.24, 2.45) is 5.92 Å². The molecule has 0 radical (unpaired) electrons. The highest BCUT2D eigenvalue weighted by Crippen LogP contribution is 2.29. The van der Waals surface area contributed by atoms with Crippen LogP contribution in [0.4, 0.5) is 0 Å². The summed E-state index contributed by atoms with van der Waals surface area (Å²) < 4.78 is 0. The average Bonchev–Trinajstić information content (AvgIpc) is 2.82. The number of H-pyrrole nitrogens is 1. The Morgan fingerprint density at radius 3 is 3.10 bits per heavy atom. The van der Waals surface area contributed by atoms with Gasteiger partial charge in [-0.05, 0) is 49.8 Å². The molecule has 2 unspecified atom stereocenters. The van der Waals surface area contributed by atoms with E-state index in [2.05, 4.69) is 42.3 Å². The molecule has 1 aliphatic carbocycles. The summed E-state index contributed by atoms with van der Waals surface area (Å²) in [4.78, 5) is 3.57. The lowest BCUT2D eigenvalue weighted by Crippen LogP contribution is -2.37. The van der Waals surface area contributed by atoms with E-state index < -0.39 is 0 Å². The molecule has 2 atom stereocenters. The molecule has 0 aliphatic heterocycles. The lowest BCUT2D eigenvalue weighted by molar-refractivity contribution is 0.228. The Morgan fingerprint density at radius 2 is 2.30 bits per heavy atom. The number of aromatic nitrogens is 1. The highest BCUT2D eigenvalue weighted by atomic mass is 16.3. The van der Waals surface area contributed by atoms with Gasteiger partial charge in [-0.2, -0.15) is 0 Å². The third-order valence-corrected chi connectivity index (χ3v) is 4.41. The fraction of sp³-hybridized carbons (Fsp3) is 0.529. The number of fused-ring (bicyclic) bond motifs is 3. The molecule has 1 heterocycles. The summed E-state index contributed by atoms with van der Waals surface area (Å²) in [5.41, 5.74) is 5.50. The first-order chi connectivity index (χ1) is 9.67. The first-order valence-corrected chi connectivity index (χ1v) is 7.61. The predicted octanol–water partition coefficient (Wildman–Crippen LogP) is 2.55. The number of hydrogen-bond acceptors (Lipinski definition) is 2. The number of aryl methyl sites for hydroxylation is 2. The second-order valence-electron chi connectivity index (χ2n) is 6.27. The van der Waals surface area contributed by atoms with Crippen molar-refractivity contribution in [2.45, 2.75) is 39.2 Å². The maximum atomic E-state index is 9.12. The molecule has 3 N–H and O–H groups in total. The van der Waals surface area contributed by atoms with Gasteiger partial charge in [-0.15, -0.1) is 0 Å². The van der Waals surface area contributed by atoms with E-state index >= 15 is 0 Å². The zero-order valence-corrected chi connectivity index (χ0v) is 12.4. The van der Waals surface area contributed by atoms with E-state index in [0.717, 1.165) is 19.4 Å². The molecule has 2 aromatic rings. The molecule has 0 saturated heterocycles. The minimum absolute atomic E-state index is 0.261. The van der Waals surface area contributed by atoms with Gasteiger partial charge in [0.05, 0.1) is 0 Å². The molecule has 0 spiro atoms. The van der Waals surface area contributed by atoms with Gasteiger partial charge in [0.15, 0.2) is 0 Å². The third-order valence-electron chi connectivity index (χ3n) is 4.41. The van der Waals surface area contributed by atoms with Crippen LogP contribution in [0.3, 0.4) is 0 Å². The van der Waals surface area contributed by atoms with Crippen LogP contribution in [0.5, 0.6) is 0 Å². The van der Waals surface area contributed by atoms with Crippen molar-refractivity contribution in [2.75, 3.05) is 13.2 Å². The summed E-state index contributed by atoms with van der Waals surface area (Å²) >= 11 is 0. The number of hydrogen-bond donors (Lipinski definition) is 3. The van der Waals surface area contributed by atoms with E-state index in [4.69, 9.17) is 5.11 Å². The van der Waals surface area contributed by atoms with Crippen molar-refractivity contribution in [3.8, 4) is 0 Å². The minimum atomic E-state index is 0.261. The molecule has 1 aromatic carbocycles. The normalized spacial score (nSPS) is 20.1. The first-order valence-electron chi connectivity index (χ1n) is 7.61. The van der Waals surface area contributed by atoms with E-state index in [0.29, 0.717) is 12.0 Å². The van der Waals surface area contributed by atoms with Crippen LogP contribution in [0.1, 0.15) is 30.2 Å². The van der Waals surface area contributed by atoms with E-state index in [9.17, 15) is 0 Å². The van der Waals surface area contributed by atoms with Crippen molar-refractivity contribution in [3.05, 3.63) is 35.0 Å². The van der Waals surface area contributed by atoms with Gasteiger partial charge in [-0.3, -0.25) is 0 Å². The molecule has 1 aromatic heterocycles. The molecule has 1 aliphatic rings. The highest BCUT2D eigenvalue weighted by molar-refractivity contribution is 5.85. The number of aliphatic hydroxyl groups excluding tert-OH is 1. The lowest BCUT2D eigenvalue weighted by Gasteiger charge is -2.25. The molecule has 20 heavy (non-hydrogen) atoms. The van der Waals surface area contributed by atoms with Gasteiger partial charge < -0.3 is 15.4 Å². The standard InChI is InChI=1S/C17H24N2O/c1-11-3-5-16-14(7-11)15-8-13(4-6-17(15)19-16)18-9-12(2)10-20/h3,5,7,12-13,18-20H,4,6,8-10H2,1-2H3. The Morgan fingerprint density at radius 1 is 1.45 bits per heavy atom. The van der Waals surface area contributed by atoms with Crippen LogP contribution < -0.4 is 5.32 Å². The number of rotatable bonds is 4. The van der Waals surface area contributed by atoms with Gasteiger partial charge in [0.1, 0.15) is 0 Å². The van der Waals surface area contributed by atoms with Gasteiger partial charge in [0, 0.05) is 35.8 Å². The predicted molar refractivity (Wildman–Crippen MR) is 83.1 cm³/mol. The van der Waals surface area contributed by atoms with Crippen LogP contribution in [0.15, 0.2) is 18.2 Å². The zero-order chi connectivity index (χ0) is 14.1. The Balaban J connectivity index is 1.79.